The molecular formula is C15H15N. The van der Waals surface area contributed by atoms with Crippen LogP contribution in [0.3, 0.4) is 0 Å². The molecule has 16 heavy (non-hydrogen) atoms. The van der Waals surface area contributed by atoms with Crippen molar-refractivity contribution in [3.05, 3.63) is 59.7 Å². The molecule has 1 aliphatic heterocycles. The van der Waals surface area contributed by atoms with E-state index in [9.17, 15) is 0 Å². The fourth-order valence-corrected chi connectivity index (χ4v) is 2.28. The van der Waals surface area contributed by atoms with Gasteiger partial charge < -0.3 is 4.90 Å². The molecule has 1 nitrogen and oxygen atoms in total. The minimum Gasteiger partial charge on any atom is -0.344 e. The van der Waals surface area contributed by atoms with E-state index in [1.165, 1.54) is 4.90 Å². The minimum absolute atomic E-state index is 0.799. The number of rotatable bonds is 0. The summed E-state index contributed by atoms with van der Waals surface area (Å²) in [4.78, 5) is 1.49. The average Bonchev–Trinajstić information content (AvgIpc) is 2.54. The highest BCUT2D eigenvalue weighted by Gasteiger charge is 2.16. The van der Waals surface area contributed by atoms with Crippen LogP contribution in [0.15, 0.2) is 48.5 Å². The lowest BCUT2D eigenvalue weighted by molar-refractivity contribution is 0.977. The molecule has 0 unspecified atom stereocenters. The number of para-hydroxylation sites is 2. The third-order valence-electron chi connectivity index (χ3n) is 3.13. The Morgan fingerprint density at radius 2 is 1.38 bits per heavy atom. The van der Waals surface area contributed by atoms with Crippen molar-refractivity contribution in [2.45, 2.75) is 12.8 Å². The Kier molecular flexibility index (Phi) is 1.55. The molecule has 0 aliphatic carbocycles. The van der Waals surface area contributed by atoms with Crippen molar-refractivity contribution in [3.8, 4) is 0 Å². The Hall–Kier alpha value is -1.76. The zero-order valence-electron chi connectivity index (χ0n) is 12.0. The second-order valence-corrected chi connectivity index (χ2v) is 4.09. The number of aryl methyl sites for hydroxylation is 2. The third-order valence-corrected chi connectivity index (χ3v) is 3.13. The van der Waals surface area contributed by atoms with Crippen LogP contribution in [0, 0.1) is 0 Å². The molecule has 1 heteroatoms. The highest BCUT2D eigenvalue weighted by molar-refractivity contribution is 5.70. The number of nitrogens with zero attached hydrogens (tertiary/aromatic N) is 1. The molecule has 0 spiro atoms. The highest BCUT2D eigenvalue weighted by atomic mass is 15.1. The second kappa shape index (κ2) is 3.67. The summed E-state index contributed by atoms with van der Waals surface area (Å²) in [5.41, 5.74) is 3.78. The smallest absolute Gasteiger partial charge is 0.0461 e. The van der Waals surface area contributed by atoms with E-state index >= 15 is 0 Å². The monoisotopic (exact) mass is 212 g/mol. The van der Waals surface area contributed by atoms with Crippen molar-refractivity contribution < 1.29 is 4.11 Å². The summed E-state index contributed by atoms with van der Waals surface area (Å²) < 4.78 is 23.5. The summed E-state index contributed by atoms with van der Waals surface area (Å²) in [6.45, 7) is -2.17. The Labute approximate surface area is 101 Å². The molecule has 0 saturated carbocycles. The van der Waals surface area contributed by atoms with Gasteiger partial charge in [0, 0.05) is 22.5 Å². The molecule has 1 aliphatic rings. The van der Waals surface area contributed by atoms with Crippen molar-refractivity contribution in [3.63, 3.8) is 0 Å². The van der Waals surface area contributed by atoms with Crippen molar-refractivity contribution >= 4 is 11.4 Å². The third kappa shape index (κ3) is 1.40. The van der Waals surface area contributed by atoms with Crippen LogP contribution in [-0.4, -0.2) is 6.98 Å². The average molecular weight is 212 g/mol. The molecular weight excluding hydrogens is 194 g/mol. The molecule has 0 radical (unpaired) electrons. The van der Waals surface area contributed by atoms with Crippen molar-refractivity contribution in [2.75, 3.05) is 11.9 Å². The Morgan fingerprint density at radius 3 is 1.88 bits per heavy atom. The number of hydrogen-bond donors (Lipinski definition) is 0. The van der Waals surface area contributed by atoms with Gasteiger partial charge in [0.05, 0.1) is 0 Å². The first-order valence-electron chi connectivity index (χ1n) is 7.03. The van der Waals surface area contributed by atoms with Crippen LogP contribution in [0.25, 0.3) is 0 Å². The van der Waals surface area contributed by atoms with Crippen LogP contribution >= 0.6 is 0 Å². The lowest BCUT2D eigenvalue weighted by atomic mass is 10.0. The molecule has 0 amide bonds. The van der Waals surface area contributed by atoms with Gasteiger partial charge in [0.2, 0.25) is 0 Å². The van der Waals surface area contributed by atoms with Crippen LogP contribution in [0.5, 0.6) is 0 Å². The SMILES string of the molecule is [2H]C([2H])([2H])N1c2ccccc2CCc2ccccc21. The van der Waals surface area contributed by atoms with Crippen LogP contribution in [0.4, 0.5) is 11.4 Å². The maximum absolute atomic E-state index is 7.84. The number of anilines is 2. The van der Waals surface area contributed by atoms with E-state index in [-0.39, 0.29) is 0 Å². The molecule has 2 aromatic rings. The fourth-order valence-electron chi connectivity index (χ4n) is 2.28. The van der Waals surface area contributed by atoms with Gasteiger partial charge in [-0.1, -0.05) is 36.4 Å². The van der Waals surface area contributed by atoms with Crippen molar-refractivity contribution in [1.29, 1.82) is 0 Å². The molecule has 0 N–H and O–H groups in total. The van der Waals surface area contributed by atoms with Crippen LogP contribution < -0.4 is 4.90 Å². The predicted octanol–water partition coefficient (Wildman–Crippen LogP) is 3.55. The van der Waals surface area contributed by atoms with Gasteiger partial charge in [-0.15, -0.1) is 0 Å². The molecule has 2 aromatic carbocycles. The van der Waals surface area contributed by atoms with Gasteiger partial charge in [0.15, 0.2) is 0 Å². The summed E-state index contributed by atoms with van der Waals surface area (Å²) >= 11 is 0. The minimum atomic E-state index is -2.17. The summed E-state index contributed by atoms with van der Waals surface area (Å²) in [6, 6.07) is 15.5. The van der Waals surface area contributed by atoms with E-state index in [4.69, 9.17) is 4.11 Å². The summed E-state index contributed by atoms with van der Waals surface area (Å²) in [5.74, 6) is 0. The molecule has 80 valence electrons. The lowest BCUT2D eigenvalue weighted by Gasteiger charge is -2.21. The number of fused-ring (bicyclic) bond motifs is 2. The van der Waals surface area contributed by atoms with Gasteiger partial charge in [0.1, 0.15) is 0 Å². The summed E-state index contributed by atoms with van der Waals surface area (Å²) in [6.07, 6.45) is 1.75. The maximum Gasteiger partial charge on any atom is 0.0461 e. The molecule has 0 aromatic heterocycles. The van der Waals surface area contributed by atoms with Gasteiger partial charge in [-0.3, -0.25) is 0 Å². The van der Waals surface area contributed by atoms with Crippen LogP contribution in [-0.2, 0) is 12.8 Å². The summed E-state index contributed by atoms with van der Waals surface area (Å²) in [7, 11) is 0. The molecule has 0 bridgehead atoms. The van der Waals surface area contributed by atoms with E-state index in [2.05, 4.69) is 0 Å². The molecule has 3 rings (SSSR count). The predicted molar refractivity (Wildman–Crippen MR) is 68.4 cm³/mol. The molecule has 0 fully saturated rings. The van der Waals surface area contributed by atoms with Gasteiger partial charge in [0.25, 0.3) is 0 Å². The zero-order valence-corrected chi connectivity index (χ0v) is 8.98. The first kappa shape index (κ1) is 6.74. The maximum atomic E-state index is 7.84. The van der Waals surface area contributed by atoms with E-state index in [1.807, 2.05) is 48.5 Å². The Bertz CT molecular complexity index is 557. The van der Waals surface area contributed by atoms with Crippen LogP contribution in [0.1, 0.15) is 15.2 Å². The van der Waals surface area contributed by atoms with Gasteiger partial charge in [-0.05, 0) is 36.1 Å². The molecule has 1 heterocycles. The number of hydrogen-bond acceptors (Lipinski definition) is 1. The van der Waals surface area contributed by atoms with E-state index in [0.717, 1.165) is 35.3 Å². The zero-order chi connectivity index (χ0) is 13.5. The topological polar surface area (TPSA) is 3.24 Å². The Morgan fingerprint density at radius 1 is 0.875 bits per heavy atom. The Balaban J connectivity index is 2.25. The quantitative estimate of drug-likeness (QED) is 0.645. The van der Waals surface area contributed by atoms with E-state index in [1.54, 1.807) is 0 Å². The fraction of sp³-hybridized carbons (Fsp3) is 0.200. The standard InChI is InChI=1S/C15H15N/c1-16-14-8-4-2-6-12(14)10-11-13-7-3-5-9-15(13)16/h2-9H,10-11H2,1H3/i1D3. The molecule has 0 atom stereocenters. The first-order valence-corrected chi connectivity index (χ1v) is 5.53. The molecule has 0 saturated heterocycles. The van der Waals surface area contributed by atoms with Crippen molar-refractivity contribution in [1.82, 2.24) is 0 Å². The lowest BCUT2D eigenvalue weighted by Crippen LogP contribution is -2.10. The summed E-state index contributed by atoms with van der Waals surface area (Å²) in [5, 5.41) is 0. The first-order chi connectivity index (χ1) is 9.07. The van der Waals surface area contributed by atoms with Crippen LogP contribution in [0.2, 0.25) is 0 Å². The van der Waals surface area contributed by atoms with E-state index in [0.29, 0.717) is 0 Å². The van der Waals surface area contributed by atoms with Gasteiger partial charge in [-0.25, -0.2) is 0 Å². The van der Waals surface area contributed by atoms with Gasteiger partial charge in [-0.2, -0.15) is 0 Å². The second-order valence-electron chi connectivity index (χ2n) is 4.09. The van der Waals surface area contributed by atoms with E-state index < -0.39 is 6.98 Å². The van der Waals surface area contributed by atoms with Crippen molar-refractivity contribution in [2.24, 2.45) is 0 Å². The highest BCUT2D eigenvalue weighted by Crippen LogP contribution is 2.34. The largest absolute Gasteiger partial charge is 0.344 e. The normalized spacial score (nSPS) is 17.5. The number of benzene rings is 2. The van der Waals surface area contributed by atoms with Gasteiger partial charge >= 0.3 is 0 Å².